The Balaban J connectivity index is 2.08. The molecule has 27 heavy (non-hydrogen) atoms. The molecule has 0 heterocycles. The molecule has 144 valence electrons. The highest BCUT2D eigenvalue weighted by Gasteiger charge is 2.15. The molecule has 3 N–H and O–H groups in total. The molecule has 0 atom stereocenters. The normalized spacial score (nSPS) is 10.9. The predicted molar refractivity (Wildman–Crippen MR) is 105 cm³/mol. The van der Waals surface area contributed by atoms with Gasteiger partial charge in [0.15, 0.2) is 0 Å². The number of benzene rings is 2. The SMILES string of the molecule is CCCC(=O)NCC(=O)Nc1ccc(C)c(NS(=O)(=O)c2ccccc2)c1. The zero-order chi connectivity index (χ0) is 19.9. The molecule has 0 aliphatic heterocycles. The van der Waals surface area contributed by atoms with Crippen molar-refractivity contribution in [1.82, 2.24) is 5.32 Å². The lowest BCUT2D eigenvalue weighted by molar-refractivity contribution is -0.124. The van der Waals surface area contributed by atoms with Gasteiger partial charge in [-0.1, -0.05) is 31.2 Å². The maximum atomic E-state index is 12.5. The minimum atomic E-state index is -3.73. The number of amides is 2. The van der Waals surface area contributed by atoms with E-state index >= 15 is 0 Å². The molecular formula is C19H23N3O4S. The van der Waals surface area contributed by atoms with E-state index in [1.54, 1.807) is 43.3 Å². The maximum Gasteiger partial charge on any atom is 0.261 e. The van der Waals surface area contributed by atoms with Gasteiger partial charge in [-0.25, -0.2) is 8.42 Å². The van der Waals surface area contributed by atoms with Gasteiger partial charge in [0.25, 0.3) is 10.0 Å². The van der Waals surface area contributed by atoms with Crippen molar-refractivity contribution in [2.45, 2.75) is 31.6 Å². The predicted octanol–water partition coefficient (Wildman–Crippen LogP) is 2.65. The first-order chi connectivity index (χ1) is 12.8. The first-order valence-corrected chi connectivity index (χ1v) is 10.0. The molecule has 0 unspecified atom stereocenters. The maximum absolute atomic E-state index is 12.5. The average molecular weight is 389 g/mol. The molecule has 0 bridgehead atoms. The smallest absolute Gasteiger partial charge is 0.261 e. The van der Waals surface area contributed by atoms with Crippen LogP contribution in [-0.4, -0.2) is 26.8 Å². The highest BCUT2D eigenvalue weighted by molar-refractivity contribution is 7.92. The molecule has 0 spiro atoms. The Bertz CT molecular complexity index is 912. The van der Waals surface area contributed by atoms with Crippen LogP contribution in [0.4, 0.5) is 11.4 Å². The summed E-state index contributed by atoms with van der Waals surface area (Å²) in [6.45, 7) is 3.50. The van der Waals surface area contributed by atoms with Gasteiger partial charge in [0, 0.05) is 12.1 Å². The van der Waals surface area contributed by atoms with E-state index in [0.29, 0.717) is 29.8 Å². The first-order valence-electron chi connectivity index (χ1n) is 8.57. The Morgan fingerprint density at radius 2 is 1.70 bits per heavy atom. The molecule has 0 saturated carbocycles. The lowest BCUT2D eigenvalue weighted by Gasteiger charge is -2.13. The van der Waals surface area contributed by atoms with Crippen molar-refractivity contribution in [1.29, 1.82) is 0 Å². The quantitative estimate of drug-likeness (QED) is 0.645. The number of aryl methyl sites for hydroxylation is 1. The Morgan fingerprint density at radius 1 is 1.00 bits per heavy atom. The van der Waals surface area contributed by atoms with Crippen LogP contribution >= 0.6 is 0 Å². The fourth-order valence-electron chi connectivity index (χ4n) is 2.31. The van der Waals surface area contributed by atoms with Gasteiger partial charge < -0.3 is 10.6 Å². The van der Waals surface area contributed by atoms with E-state index in [4.69, 9.17) is 0 Å². The molecule has 8 heteroatoms. The van der Waals surface area contributed by atoms with Gasteiger partial charge in [0.05, 0.1) is 17.1 Å². The van der Waals surface area contributed by atoms with Gasteiger partial charge in [-0.05, 0) is 43.2 Å². The molecule has 0 saturated heterocycles. The van der Waals surface area contributed by atoms with Crippen LogP contribution in [0.25, 0.3) is 0 Å². The Labute approximate surface area is 159 Å². The van der Waals surface area contributed by atoms with Crippen LogP contribution in [0.5, 0.6) is 0 Å². The van der Waals surface area contributed by atoms with Crippen LogP contribution in [0, 0.1) is 6.92 Å². The van der Waals surface area contributed by atoms with Crippen LogP contribution in [0.1, 0.15) is 25.3 Å². The number of sulfonamides is 1. The lowest BCUT2D eigenvalue weighted by Crippen LogP contribution is -2.32. The summed E-state index contributed by atoms with van der Waals surface area (Å²) in [6.07, 6.45) is 1.07. The molecule has 0 radical (unpaired) electrons. The molecule has 2 amide bonds. The van der Waals surface area contributed by atoms with Gasteiger partial charge >= 0.3 is 0 Å². The van der Waals surface area contributed by atoms with Crippen LogP contribution in [0.2, 0.25) is 0 Å². The van der Waals surface area contributed by atoms with E-state index in [-0.39, 0.29) is 23.3 Å². The number of nitrogens with one attached hydrogen (secondary N) is 3. The minimum absolute atomic E-state index is 0.141. The van der Waals surface area contributed by atoms with Crippen LogP contribution in [0.15, 0.2) is 53.4 Å². The van der Waals surface area contributed by atoms with Crippen LogP contribution in [0.3, 0.4) is 0 Å². The Morgan fingerprint density at radius 3 is 2.37 bits per heavy atom. The second-order valence-corrected chi connectivity index (χ2v) is 7.71. The Hall–Kier alpha value is -2.87. The molecule has 0 aromatic heterocycles. The summed E-state index contributed by atoms with van der Waals surface area (Å²) < 4.78 is 27.5. The number of hydrogen-bond acceptors (Lipinski definition) is 4. The molecule has 0 aliphatic carbocycles. The highest BCUT2D eigenvalue weighted by Crippen LogP contribution is 2.23. The van der Waals surface area contributed by atoms with E-state index in [9.17, 15) is 18.0 Å². The summed E-state index contributed by atoms with van der Waals surface area (Å²) in [4.78, 5) is 23.5. The van der Waals surface area contributed by atoms with E-state index in [1.807, 2.05) is 6.92 Å². The first kappa shape index (κ1) is 20.4. The topological polar surface area (TPSA) is 104 Å². The molecule has 2 rings (SSSR count). The average Bonchev–Trinajstić information content (AvgIpc) is 2.63. The number of carbonyl (C=O) groups is 2. The van der Waals surface area contributed by atoms with Crippen LogP contribution in [-0.2, 0) is 19.6 Å². The summed E-state index contributed by atoms with van der Waals surface area (Å²) in [5.74, 6) is -0.576. The van der Waals surface area contributed by atoms with E-state index < -0.39 is 10.0 Å². The summed E-state index contributed by atoms with van der Waals surface area (Å²) >= 11 is 0. The molecule has 7 nitrogen and oxygen atoms in total. The molecule has 0 aliphatic rings. The van der Waals surface area contributed by atoms with Gasteiger partial charge in [-0.2, -0.15) is 0 Å². The molecular weight excluding hydrogens is 366 g/mol. The van der Waals surface area contributed by atoms with E-state index in [0.717, 1.165) is 0 Å². The van der Waals surface area contributed by atoms with Crippen molar-refractivity contribution >= 4 is 33.2 Å². The number of anilines is 2. The number of carbonyl (C=O) groups excluding carboxylic acids is 2. The number of rotatable bonds is 8. The third kappa shape index (κ3) is 6.10. The van der Waals surface area contributed by atoms with E-state index in [1.165, 1.54) is 12.1 Å². The Kier molecular flexibility index (Phi) is 6.95. The van der Waals surface area contributed by atoms with E-state index in [2.05, 4.69) is 15.4 Å². The van der Waals surface area contributed by atoms with Gasteiger partial charge in [-0.3, -0.25) is 14.3 Å². The third-order valence-electron chi connectivity index (χ3n) is 3.74. The van der Waals surface area contributed by atoms with Crippen molar-refractivity contribution < 1.29 is 18.0 Å². The summed E-state index contributed by atoms with van der Waals surface area (Å²) in [5.41, 5.74) is 1.51. The van der Waals surface area contributed by atoms with Crippen molar-refractivity contribution in [3.05, 3.63) is 54.1 Å². The summed E-state index contributed by atoms with van der Waals surface area (Å²) in [7, 11) is -3.73. The molecule has 2 aromatic rings. The number of hydrogen-bond donors (Lipinski definition) is 3. The van der Waals surface area contributed by atoms with Crippen molar-refractivity contribution in [2.24, 2.45) is 0 Å². The van der Waals surface area contributed by atoms with Gasteiger partial charge in [-0.15, -0.1) is 0 Å². The monoisotopic (exact) mass is 389 g/mol. The third-order valence-corrected chi connectivity index (χ3v) is 5.12. The van der Waals surface area contributed by atoms with Gasteiger partial charge in [0.2, 0.25) is 11.8 Å². The largest absolute Gasteiger partial charge is 0.347 e. The minimum Gasteiger partial charge on any atom is -0.347 e. The van der Waals surface area contributed by atoms with Crippen LogP contribution < -0.4 is 15.4 Å². The molecule has 0 fully saturated rings. The fraction of sp³-hybridized carbons (Fsp3) is 0.263. The lowest BCUT2D eigenvalue weighted by atomic mass is 10.2. The summed E-state index contributed by atoms with van der Waals surface area (Å²) in [5, 5.41) is 5.17. The fourth-order valence-corrected chi connectivity index (χ4v) is 3.46. The van der Waals surface area contributed by atoms with Crippen molar-refractivity contribution in [3.8, 4) is 0 Å². The second kappa shape index (κ2) is 9.18. The van der Waals surface area contributed by atoms with Gasteiger partial charge in [0.1, 0.15) is 0 Å². The summed E-state index contributed by atoms with van der Waals surface area (Å²) in [6, 6.07) is 12.9. The van der Waals surface area contributed by atoms with Crippen molar-refractivity contribution in [3.63, 3.8) is 0 Å². The zero-order valence-electron chi connectivity index (χ0n) is 15.3. The standard InChI is InChI=1S/C19H23N3O4S/c1-3-7-18(23)20-13-19(24)21-15-11-10-14(2)17(12-15)22-27(25,26)16-8-5-4-6-9-16/h4-6,8-12,22H,3,7,13H2,1-2H3,(H,20,23)(H,21,24). The second-order valence-electron chi connectivity index (χ2n) is 6.02. The molecule has 2 aromatic carbocycles. The zero-order valence-corrected chi connectivity index (χ0v) is 16.1. The van der Waals surface area contributed by atoms with Crippen molar-refractivity contribution in [2.75, 3.05) is 16.6 Å². The highest BCUT2D eigenvalue weighted by atomic mass is 32.2.